The second-order valence-electron chi connectivity index (χ2n) is 5.65. The molecule has 0 bridgehead atoms. The summed E-state index contributed by atoms with van der Waals surface area (Å²) in [6, 6.07) is 5.89. The lowest BCUT2D eigenvalue weighted by molar-refractivity contribution is 0.0955. The summed E-state index contributed by atoms with van der Waals surface area (Å²) in [5.41, 5.74) is 4.77. The van der Waals surface area contributed by atoms with Gasteiger partial charge < -0.3 is 5.32 Å². The molecule has 2 heterocycles. The molecular weight excluding hydrogens is 306 g/mol. The van der Waals surface area contributed by atoms with E-state index in [2.05, 4.69) is 22.2 Å². The minimum Gasteiger partial charge on any atom is -0.352 e. The van der Waals surface area contributed by atoms with E-state index in [1.807, 2.05) is 37.4 Å². The number of pyridine rings is 1. The number of rotatable bonds is 4. The summed E-state index contributed by atoms with van der Waals surface area (Å²) in [7, 11) is 0. The molecule has 0 aliphatic heterocycles. The van der Waals surface area contributed by atoms with E-state index in [0.29, 0.717) is 12.1 Å². The summed E-state index contributed by atoms with van der Waals surface area (Å²) >= 11 is 1.61. The van der Waals surface area contributed by atoms with Gasteiger partial charge in [0.25, 0.3) is 5.91 Å². The Balaban J connectivity index is 1.86. The van der Waals surface area contributed by atoms with Gasteiger partial charge in [-0.15, -0.1) is 11.3 Å². The number of nitrogens with one attached hydrogen (secondary N) is 1. The normalized spacial score (nSPS) is 10.9. The van der Waals surface area contributed by atoms with E-state index in [4.69, 9.17) is 0 Å². The Labute approximate surface area is 139 Å². The SMILES string of the molecule is Cc1cc(C(=O)NCCc2nccs2)c2ccc(C)c(C)c2n1. The smallest absolute Gasteiger partial charge is 0.252 e. The van der Waals surface area contributed by atoms with Crippen LogP contribution in [0.15, 0.2) is 29.8 Å². The van der Waals surface area contributed by atoms with Gasteiger partial charge >= 0.3 is 0 Å². The van der Waals surface area contributed by atoms with Gasteiger partial charge in [0, 0.05) is 35.6 Å². The van der Waals surface area contributed by atoms with E-state index in [9.17, 15) is 4.79 Å². The number of amides is 1. The molecular formula is C18H19N3OS. The Morgan fingerprint density at radius 3 is 2.83 bits per heavy atom. The van der Waals surface area contributed by atoms with E-state index in [1.165, 1.54) is 5.56 Å². The Morgan fingerprint density at radius 2 is 2.09 bits per heavy atom. The highest BCUT2D eigenvalue weighted by Gasteiger charge is 2.13. The molecule has 0 spiro atoms. The Hall–Kier alpha value is -2.27. The second-order valence-corrected chi connectivity index (χ2v) is 6.63. The average molecular weight is 325 g/mol. The number of hydrogen-bond donors (Lipinski definition) is 1. The van der Waals surface area contributed by atoms with Crippen molar-refractivity contribution in [2.75, 3.05) is 6.54 Å². The molecule has 23 heavy (non-hydrogen) atoms. The van der Waals surface area contributed by atoms with Crippen molar-refractivity contribution in [2.24, 2.45) is 0 Å². The number of fused-ring (bicyclic) bond motifs is 1. The predicted molar refractivity (Wildman–Crippen MR) is 94.1 cm³/mol. The molecule has 118 valence electrons. The van der Waals surface area contributed by atoms with Gasteiger partial charge in [-0.2, -0.15) is 0 Å². The van der Waals surface area contributed by atoms with Crippen LogP contribution in [0.3, 0.4) is 0 Å². The minimum atomic E-state index is -0.0553. The van der Waals surface area contributed by atoms with Crippen molar-refractivity contribution < 1.29 is 4.79 Å². The maximum atomic E-state index is 12.6. The van der Waals surface area contributed by atoms with Gasteiger partial charge in [-0.1, -0.05) is 12.1 Å². The van der Waals surface area contributed by atoms with Crippen molar-refractivity contribution in [1.29, 1.82) is 0 Å². The summed E-state index contributed by atoms with van der Waals surface area (Å²) in [5.74, 6) is -0.0553. The molecule has 1 aromatic carbocycles. The first-order valence-corrected chi connectivity index (χ1v) is 8.48. The van der Waals surface area contributed by atoms with Crippen molar-refractivity contribution in [3.05, 3.63) is 57.2 Å². The molecule has 1 amide bonds. The standard InChI is InChI=1S/C18H19N3OS/c1-11-4-5-14-15(10-12(2)21-17(14)13(11)3)18(22)20-7-6-16-19-8-9-23-16/h4-5,8-10H,6-7H2,1-3H3,(H,20,22). The summed E-state index contributed by atoms with van der Waals surface area (Å²) in [6.45, 7) is 6.62. The zero-order chi connectivity index (χ0) is 16.4. The van der Waals surface area contributed by atoms with Crippen LogP contribution < -0.4 is 5.32 Å². The third kappa shape index (κ3) is 3.24. The molecule has 0 radical (unpaired) electrons. The number of hydrogen-bond acceptors (Lipinski definition) is 4. The summed E-state index contributed by atoms with van der Waals surface area (Å²) in [4.78, 5) is 21.4. The highest BCUT2D eigenvalue weighted by Crippen LogP contribution is 2.24. The Kier molecular flexibility index (Phi) is 4.39. The van der Waals surface area contributed by atoms with Crippen LogP contribution >= 0.6 is 11.3 Å². The molecule has 2 aromatic heterocycles. The maximum Gasteiger partial charge on any atom is 0.252 e. The first kappa shape index (κ1) is 15.6. The van der Waals surface area contributed by atoms with Crippen molar-refractivity contribution in [3.63, 3.8) is 0 Å². The fourth-order valence-corrected chi connectivity index (χ4v) is 3.22. The first-order chi connectivity index (χ1) is 11.1. The summed E-state index contributed by atoms with van der Waals surface area (Å²) in [6.07, 6.45) is 2.54. The highest BCUT2D eigenvalue weighted by molar-refractivity contribution is 7.09. The first-order valence-electron chi connectivity index (χ1n) is 7.60. The molecule has 3 rings (SSSR count). The number of aryl methyl sites for hydroxylation is 3. The van der Waals surface area contributed by atoms with Crippen molar-refractivity contribution in [3.8, 4) is 0 Å². The summed E-state index contributed by atoms with van der Waals surface area (Å²) in [5, 5.41) is 6.88. The molecule has 0 saturated heterocycles. The number of thiazole rings is 1. The van der Waals surface area contributed by atoms with E-state index in [1.54, 1.807) is 17.5 Å². The zero-order valence-electron chi connectivity index (χ0n) is 13.5. The second kappa shape index (κ2) is 6.46. The topological polar surface area (TPSA) is 54.9 Å². The van der Waals surface area contributed by atoms with Crippen LogP contribution in [0.1, 0.15) is 32.2 Å². The lowest BCUT2D eigenvalue weighted by Crippen LogP contribution is -2.26. The molecule has 0 fully saturated rings. The van der Waals surface area contributed by atoms with Crippen molar-refractivity contribution in [1.82, 2.24) is 15.3 Å². The van der Waals surface area contributed by atoms with E-state index in [-0.39, 0.29) is 5.91 Å². The Morgan fingerprint density at radius 1 is 1.26 bits per heavy atom. The maximum absolute atomic E-state index is 12.6. The number of nitrogens with zero attached hydrogens (tertiary/aromatic N) is 2. The molecule has 0 saturated carbocycles. The average Bonchev–Trinajstić information content (AvgIpc) is 3.04. The molecule has 0 atom stereocenters. The lowest BCUT2D eigenvalue weighted by atomic mass is 10.0. The van der Waals surface area contributed by atoms with Gasteiger partial charge in [-0.05, 0) is 38.0 Å². The predicted octanol–water partition coefficient (Wildman–Crippen LogP) is 3.59. The van der Waals surface area contributed by atoms with Gasteiger partial charge in [0.05, 0.1) is 16.1 Å². The van der Waals surface area contributed by atoms with Crippen molar-refractivity contribution in [2.45, 2.75) is 27.2 Å². The van der Waals surface area contributed by atoms with Gasteiger partial charge in [-0.25, -0.2) is 4.98 Å². The van der Waals surface area contributed by atoms with E-state index < -0.39 is 0 Å². The van der Waals surface area contributed by atoms with Gasteiger partial charge in [-0.3, -0.25) is 9.78 Å². The molecule has 5 heteroatoms. The van der Waals surface area contributed by atoms with Gasteiger partial charge in [0.1, 0.15) is 0 Å². The minimum absolute atomic E-state index is 0.0553. The van der Waals surface area contributed by atoms with E-state index in [0.717, 1.165) is 33.6 Å². The number of carbonyl (C=O) groups excluding carboxylic acids is 1. The van der Waals surface area contributed by atoms with Crippen LogP contribution in [0.4, 0.5) is 0 Å². The number of benzene rings is 1. The van der Waals surface area contributed by atoms with Gasteiger partial charge in [0.2, 0.25) is 0 Å². The third-order valence-electron chi connectivity index (χ3n) is 3.99. The zero-order valence-corrected chi connectivity index (χ0v) is 14.3. The number of carbonyl (C=O) groups is 1. The third-order valence-corrected chi connectivity index (χ3v) is 4.83. The largest absolute Gasteiger partial charge is 0.352 e. The fourth-order valence-electron chi connectivity index (χ4n) is 2.60. The molecule has 3 aromatic rings. The van der Waals surface area contributed by atoms with Crippen LogP contribution in [0.2, 0.25) is 0 Å². The molecule has 0 aliphatic rings. The quantitative estimate of drug-likeness (QED) is 0.797. The molecule has 1 N–H and O–H groups in total. The molecule has 0 aliphatic carbocycles. The molecule has 4 nitrogen and oxygen atoms in total. The summed E-state index contributed by atoms with van der Waals surface area (Å²) < 4.78 is 0. The van der Waals surface area contributed by atoms with Crippen molar-refractivity contribution >= 4 is 28.1 Å². The number of aromatic nitrogens is 2. The monoisotopic (exact) mass is 325 g/mol. The van der Waals surface area contributed by atoms with Crippen LogP contribution in [0.5, 0.6) is 0 Å². The van der Waals surface area contributed by atoms with Crippen LogP contribution in [-0.4, -0.2) is 22.4 Å². The Bertz CT molecular complexity index is 856. The van der Waals surface area contributed by atoms with E-state index >= 15 is 0 Å². The van der Waals surface area contributed by atoms with Crippen LogP contribution in [0, 0.1) is 20.8 Å². The molecule has 0 unspecified atom stereocenters. The van der Waals surface area contributed by atoms with Crippen LogP contribution in [0.25, 0.3) is 10.9 Å². The van der Waals surface area contributed by atoms with Crippen LogP contribution in [-0.2, 0) is 6.42 Å². The highest BCUT2D eigenvalue weighted by atomic mass is 32.1. The lowest BCUT2D eigenvalue weighted by Gasteiger charge is -2.11. The fraction of sp³-hybridized carbons (Fsp3) is 0.278. The van der Waals surface area contributed by atoms with Gasteiger partial charge in [0.15, 0.2) is 0 Å².